The van der Waals surface area contributed by atoms with Gasteiger partial charge in [-0.1, -0.05) is 19.4 Å². The van der Waals surface area contributed by atoms with Crippen molar-refractivity contribution in [3.63, 3.8) is 0 Å². The van der Waals surface area contributed by atoms with E-state index in [0.717, 1.165) is 12.0 Å². The summed E-state index contributed by atoms with van der Waals surface area (Å²) in [6.07, 6.45) is 0.730. The molecule has 0 aliphatic heterocycles. The molecule has 0 heterocycles. The molecule has 0 fully saturated rings. The van der Waals surface area contributed by atoms with Crippen LogP contribution in [0.3, 0.4) is 0 Å². The molecule has 0 aromatic heterocycles. The third-order valence-corrected chi connectivity index (χ3v) is 2.10. The van der Waals surface area contributed by atoms with Gasteiger partial charge in [-0.15, -0.1) is 0 Å². The molecule has 0 saturated heterocycles. The Morgan fingerprint density at radius 3 is 1.88 bits per heavy atom. The van der Waals surface area contributed by atoms with Crippen LogP contribution in [0, 0.1) is 5.92 Å². The van der Waals surface area contributed by atoms with Gasteiger partial charge in [-0.05, 0) is 47.0 Å². The highest BCUT2D eigenvalue weighted by Crippen LogP contribution is 2.19. The smallest absolute Gasteiger partial charge is 0.342 e. The van der Waals surface area contributed by atoms with Gasteiger partial charge in [0.05, 0.1) is 0 Å². The molecule has 0 aliphatic carbocycles. The first-order chi connectivity index (χ1) is 7.54. The van der Waals surface area contributed by atoms with Crippen molar-refractivity contribution in [3.05, 3.63) is 11.1 Å². The van der Waals surface area contributed by atoms with Crippen LogP contribution in [0.5, 0.6) is 0 Å². The van der Waals surface area contributed by atoms with Gasteiger partial charge in [0.15, 0.2) is 5.78 Å². The molecule has 0 spiro atoms. The molecule has 0 aromatic carbocycles. The average Bonchev–Trinajstić information content (AvgIpc) is 1.96. The summed E-state index contributed by atoms with van der Waals surface area (Å²) in [6, 6.07) is 0. The predicted molar refractivity (Wildman–Crippen MR) is 68.7 cm³/mol. The first kappa shape index (κ1) is 15.9. The highest BCUT2D eigenvalue weighted by atomic mass is 16.6. The summed E-state index contributed by atoms with van der Waals surface area (Å²) in [5.74, 6) is -0.327. The minimum atomic E-state index is -0.574. The zero-order chi connectivity index (χ0) is 13.8. The molecular weight excluding hydrogens is 216 g/mol. The van der Waals surface area contributed by atoms with E-state index in [1.807, 2.05) is 6.92 Å². The molecule has 0 unspecified atom stereocenters. The van der Waals surface area contributed by atoms with Crippen LogP contribution in [0.25, 0.3) is 0 Å². The molecule has 0 saturated carbocycles. The SMILES string of the molecule is CC(=O)C(C(=O)OC(C)(C)C)=C(C)CC(C)C. The Balaban J connectivity index is 5.11. The number of esters is 1. The quantitative estimate of drug-likeness (QED) is 0.328. The van der Waals surface area contributed by atoms with Crippen LogP contribution in [0.4, 0.5) is 0 Å². The van der Waals surface area contributed by atoms with E-state index in [0.29, 0.717) is 5.92 Å². The minimum absolute atomic E-state index is 0.202. The summed E-state index contributed by atoms with van der Waals surface area (Å²) >= 11 is 0. The van der Waals surface area contributed by atoms with Crippen molar-refractivity contribution in [2.75, 3.05) is 0 Å². The van der Waals surface area contributed by atoms with Gasteiger partial charge < -0.3 is 4.74 Å². The van der Waals surface area contributed by atoms with Crippen LogP contribution in [-0.4, -0.2) is 17.4 Å². The Labute approximate surface area is 104 Å². The predicted octanol–water partition coefficient (Wildman–Crippen LogP) is 3.28. The van der Waals surface area contributed by atoms with Crippen molar-refractivity contribution in [2.24, 2.45) is 5.92 Å². The number of Topliss-reactive ketones (excluding diaryl/α,β-unsaturated/α-hetero) is 1. The van der Waals surface area contributed by atoms with E-state index in [4.69, 9.17) is 4.74 Å². The summed E-state index contributed by atoms with van der Waals surface area (Å²) in [5.41, 5.74) is 0.436. The lowest BCUT2D eigenvalue weighted by molar-refractivity contribution is -0.150. The lowest BCUT2D eigenvalue weighted by Gasteiger charge is -2.21. The molecule has 0 aliphatic rings. The van der Waals surface area contributed by atoms with E-state index in [1.165, 1.54) is 6.92 Å². The number of ketones is 1. The van der Waals surface area contributed by atoms with E-state index in [-0.39, 0.29) is 11.4 Å². The first-order valence-corrected chi connectivity index (χ1v) is 5.98. The van der Waals surface area contributed by atoms with Crippen molar-refractivity contribution >= 4 is 11.8 Å². The zero-order valence-electron chi connectivity index (χ0n) is 12.0. The fourth-order valence-corrected chi connectivity index (χ4v) is 1.66. The highest BCUT2D eigenvalue weighted by Gasteiger charge is 2.24. The summed E-state index contributed by atoms with van der Waals surface area (Å²) in [7, 11) is 0. The summed E-state index contributed by atoms with van der Waals surface area (Å²) in [4.78, 5) is 23.5. The van der Waals surface area contributed by atoms with Crippen LogP contribution < -0.4 is 0 Å². The Morgan fingerprint density at radius 1 is 1.12 bits per heavy atom. The molecule has 17 heavy (non-hydrogen) atoms. The molecule has 0 amide bonds. The number of allylic oxidation sites excluding steroid dienone is 1. The fourth-order valence-electron chi connectivity index (χ4n) is 1.66. The molecule has 0 N–H and O–H groups in total. The molecule has 0 radical (unpaired) electrons. The van der Waals surface area contributed by atoms with Gasteiger partial charge in [0.2, 0.25) is 0 Å². The van der Waals surface area contributed by atoms with Crippen molar-refractivity contribution in [3.8, 4) is 0 Å². The minimum Gasteiger partial charge on any atom is -0.456 e. The average molecular weight is 240 g/mol. The topological polar surface area (TPSA) is 43.4 Å². The normalized spacial score (nSPS) is 13.4. The van der Waals surface area contributed by atoms with Crippen LogP contribution in [0.2, 0.25) is 0 Å². The number of hydrogen-bond acceptors (Lipinski definition) is 3. The van der Waals surface area contributed by atoms with Crippen molar-refractivity contribution in [1.29, 1.82) is 0 Å². The van der Waals surface area contributed by atoms with Crippen LogP contribution in [-0.2, 0) is 14.3 Å². The lowest BCUT2D eigenvalue weighted by Crippen LogP contribution is -2.27. The lowest BCUT2D eigenvalue weighted by atomic mass is 9.97. The standard InChI is InChI=1S/C14H24O3/c1-9(2)8-10(3)12(11(4)15)13(16)17-14(5,6)7/h9H,8H2,1-7H3. The maximum Gasteiger partial charge on any atom is 0.342 e. The maximum atomic E-state index is 11.9. The number of rotatable bonds is 4. The number of ether oxygens (including phenoxy) is 1. The molecule has 3 heteroatoms. The largest absolute Gasteiger partial charge is 0.456 e. The fraction of sp³-hybridized carbons (Fsp3) is 0.714. The Bertz CT molecular complexity index is 330. The molecule has 0 atom stereocenters. The second-order valence-corrected chi connectivity index (χ2v) is 5.81. The van der Waals surface area contributed by atoms with E-state index < -0.39 is 11.6 Å². The third kappa shape index (κ3) is 6.25. The van der Waals surface area contributed by atoms with E-state index in [1.54, 1.807) is 20.8 Å². The maximum absolute atomic E-state index is 11.9. The van der Waals surface area contributed by atoms with E-state index >= 15 is 0 Å². The summed E-state index contributed by atoms with van der Waals surface area (Å²) in [5, 5.41) is 0. The van der Waals surface area contributed by atoms with Crippen LogP contribution >= 0.6 is 0 Å². The van der Waals surface area contributed by atoms with Gasteiger partial charge in [0.1, 0.15) is 11.2 Å². The number of carbonyl (C=O) groups is 2. The van der Waals surface area contributed by atoms with Gasteiger partial charge in [-0.2, -0.15) is 0 Å². The summed E-state index contributed by atoms with van der Waals surface area (Å²) in [6.45, 7) is 12.7. The van der Waals surface area contributed by atoms with Gasteiger partial charge in [-0.3, -0.25) is 4.79 Å². The molecule has 98 valence electrons. The van der Waals surface area contributed by atoms with Crippen molar-refractivity contribution in [2.45, 2.75) is 60.5 Å². The highest BCUT2D eigenvalue weighted by molar-refractivity contribution is 6.17. The molecular formula is C14H24O3. The van der Waals surface area contributed by atoms with Crippen LogP contribution in [0.15, 0.2) is 11.1 Å². The van der Waals surface area contributed by atoms with Gasteiger partial charge in [0, 0.05) is 0 Å². The van der Waals surface area contributed by atoms with E-state index in [2.05, 4.69) is 13.8 Å². The third-order valence-electron chi connectivity index (χ3n) is 2.10. The number of hydrogen-bond donors (Lipinski definition) is 0. The Morgan fingerprint density at radius 2 is 1.59 bits per heavy atom. The molecule has 3 nitrogen and oxygen atoms in total. The van der Waals surface area contributed by atoms with Crippen molar-refractivity contribution in [1.82, 2.24) is 0 Å². The Hall–Kier alpha value is -1.12. The zero-order valence-corrected chi connectivity index (χ0v) is 12.0. The van der Waals surface area contributed by atoms with Crippen molar-refractivity contribution < 1.29 is 14.3 Å². The van der Waals surface area contributed by atoms with Gasteiger partial charge >= 0.3 is 5.97 Å². The Kier molecular flexibility index (Phi) is 5.59. The first-order valence-electron chi connectivity index (χ1n) is 5.98. The van der Waals surface area contributed by atoms with Gasteiger partial charge in [-0.25, -0.2) is 4.79 Å². The monoisotopic (exact) mass is 240 g/mol. The molecule has 0 rings (SSSR count). The second-order valence-electron chi connectivity index (χ2n) is 5.81. The number of carbonyl (C=O) groups excluding carboxylic acids is 2. The molecule has 0 aromatic rings. The second kappa shape index (κ2) is 5.99. The van der Waals surface area contributed by atoms with Crippen LogP contribution in [0.1, 0.15) is 54.9 Å². The summed E-state index contributed by atoms with van der Waals surface area (Å²) < 4.78 is 5.25. The van der Waals surface area contributed by atoms with E-state index in [9.17, 15) is 9.59 Å². The molecule has 0 bridgehead atoms. The van der Waals surface area contributed by atoms with Gasteiger partial charge in [0.25, 0.3) is 0 Å².